The fraction of sp³-hybridized carbons (Fsp3) is 0.500. The van der Waals surface area contributed by atoms with Gasteiger partial charge in [0.15, 0.2) is 0 Å². The Morgan fingerprint density at radius 3 is 2.59 bits per heavy atom. The Hall–Kier alpha value is -2.39. The molecule has 1 saturated heterocycles. The van der Waals surface area contributed by atoms with Crippen molar-refractivity contribution in [1.82, 2.24) is 0 Å². The third-order valence-electron chi connectivity index (χ3n) is 3.59. The van der Waals surface area contributed by atoms with E-state index in [4.69, 9.17) is 23.7 Å². The number of carbonyl (C=O) groups is 3. The number of hydrogen-bond acceptors (Lipinski definition) is 9. The quantitative estimate of drug-likeness (QED) is 0.299. The molecule has 9 heteroatoms. The van der Waals surface area contributed by atoms with E-state index >= 15 is 0 Å². The van der Waals surface area contributed by atoms with E-state index in [0.717, 1.165) is 4.88 Å². The maximum absolute atomic E-state index is 12.0. The van der Waals surface area contributed by atoms with Gasteiger partial charge in [-0.1, -0.05) is 6.07 Å². The fourth-order valence-electron chi connectivity index (χ4n) is 2.54. The zero-order valence-corrected chi connectivity index (χ0v) is 16.2. The van der Waals surface area contributed by atoms with E-state index in [2.05, 4.69) is 0 Å². The molecule has 0 bridgehead atoms. The highest BCUT2D eigenvalue weighted by atomic mass is 32.1. The molecule has 0 spiro atoms. The van der Waals surface area contributed by atoms with Gasteiger partial charge in [-0.3, -0.25) is 9.59 Å². The molecule has 1 aromatic rings. The van der Waals surface area contributed by atoms with E-state index in [9.17, 15) is 14.4 Å². The molecule has 0 aromatic carbocycles. The molecule has 0 saturated carbocycles. The Morgan fingerprint density at radius 2 is 2.00 bits per heavy atom. The van der Waals surface area contributed by atoms with Gasteiger partial charge in [0.25, 0.3) is 0 Å². The first-order valence-corrected chi connectivity index (χ1v) is 9.21. The number of hydrogen-bond donors (Lipinski definition) is 0. The van der Waals surface area contributed by atoms with Gasteiger partial charge in [-0.25, -0.2) is 4.79 Å². The monoisotopic (exact) mass is 398 g/mol. The van der Waals surface area contributed by atoms with Crippen LogP contribution in [0.15, 0.2) is 23.3 Å². The highest BCUT2D eigenvalue weighted by molar-refractivity contribution is 7.10. The number of esters is 3. The highest BCUT2D eigenvalue weighted by Crippen LogP contribution is 2.26. The molecule has 1 aromatic heterocycles. The second-order valence-electron chi connectivity index (χ2n) is 5.83. The van der Waals surface area contributed by atoms with Crippen molar-refractivity contribution in [3.05, 3.63) is 28.1 Å². The number of rotatable bonds is 7. The molecule has 0 amide bonds. The fourth-order valence-corrected chi connectivity index (χ4v) is 3.19. The Balaban J connectivity index is 2.12. The zero-order chi connectivity index (χ0) is 19.8. The lowest BCUT2D eigenvalue weighted by molar-refractivity contribution is -0.218. The minimum absolute atomic E-state index is 0.00481. The van der Waals surface area contributed by atoms with Crippen LogP contribution in [0.3, 0.4) is 0 Å². The Labute approximate surface area is 161 Å². The van der Waals surface area contributed by atoms with Crippen molar-refractivity contribution in [3.8, 4) is 0 Å². The van der Waals surface area contributed by atoms with Crippen LogP contribution in [-0.4, -0.2) is 50.1 Å². The van der Waals surface area contributed by atoms with E-state index in [0.29, 0.717) is 6.42 Å². The standard InChI is InChI=1S/C18H22O8S/c1-11(19)23-10-14-7-13(24-12(2)20)8-17(25-14)26-16(18(21)22-3)9-15-5-4-6-27-15/h4-6,9,13-14,17H,7-8,10H2,1-3H3/b16-9-. The maximum Gasteiger partial charge on any atom is 0.373 e. The normalized spacial score (nSPS) is 22.6. The summed E-state index contributed by atoms with van der Waals surface area (Å²) in [6.45, 7) is 2.59. The topological polar surface area (TPSA) is 97.4 Å². The second-order valence-corrected chi connectivity index (χ2v) is 6.81. The number of methoxy groups -OCH3 is 1. The zero-order valence-electron chi connectivity index (χ0n) is 15.3. The summed E-state index contributed by atoms with van der Waals surface area (Å²) in [6, 6.07) is 3.66. The van der Waals surface area contributed by atoms with Crippen molar-refractivity contribution in [2.75, 3.05) is 13.7 Å². The van der Waals surface area contributed by atoms with Gasteiger partial charge in [0, 0.05) is 37.6 Å². The minimum Gasteiger partial charge on any atom is -0.463 e. The predicted molar refractivity (Wildman–Crippen MR) is 95.5 cm³/mol. The summed E-state index contributed by atoms with van der Waals surface area (Å²) in [6.07, 6.45) is 0.259. The summed E-state index contributed by atoms with van der Waals surface area (Å²) in [4.78, 5) is 35.2. The molecule has 1 aliphatic rings. The molecule has 2 heterocycles. The van der Waals surface area contributed by atoms with E-state index in [-0.39, 0.29) is 18.8 Å². The van der Waals surface area contributed by atoms with Gasteiger partial charge in [0.1, 0.15) is 12.7 Å². The van der Waals surface area contributed by atoms with Crippen LogP contribution in [-0.2, 0) is 38.1 Å². The largest absolute Gasteiger partial charge is 0.463 e. The summed E-state index contributed by atoms with van der Waals surface area (Å²) in [5.41, 5.74) is 0. The summed E-state index contributed by atoms with van der Waals surface area (Å²) in [5, 5.41) is 1.86. The van der Waals surface area contributed by atoms with Gasteiger partial charge in [-0.15, -0.1) is 11.3 Å². The van der Waals surface area contributed by atoms with Crippen molar-refractivity contribution in [2.45, 2.75) is 45.2 Å². The molecule has 148 valence electrons. The van der Waals surface area contributed by atoms with Crippen molar-refractivity contribution >= 4 is 35.3 Å². The number of carbonyl (C=O) groups excluding carboxylic acids is 3. The summed E-state index contributed by atoms with van der Waals surface area (Å²) < 4.78 is 26.5. The van der Waals surface area contributed by atoms with Crippen LogP contribution >= 0.6 is 11.3 Å². The molecule has 1 fully saturated rings. The molecule has 0 radical (unpaired) electrons. The second kappa shape index (κ2) is 10.1. The lowest BCUT2D eigenvalue weighted by atomic mass is 10.1. The lowest BCUT2D eigenvalue weighted by Crippen LogP contribution is -2.41. The van der Waals surface area contributed by atoms with Crippen LogP contribution in [0, 0.1) is 0 Å². The van der Waals surface area contributed by atoms with Gasteiger partial charge in [0.2, 0.25) is 12.0 Å². The van der Waals surface area contributed by atoms with Crippen LogP contribution in [0.5, 0.6) is 0 Å². The van der Waals surface area contributed by atoms with E-state index in [1.54, 1.807) is 6.08 Å². The molecule has 3 atom stereocenters. The summed E-state index contributed by atoms with van der Waals surface area (Å²) in [7, 11) is 1.25. The van der Waals surface area contributed by atoms with Crippen molar-refractivity contribution in [1.29, 1.82) is 0 Å². The average Bonchev–Trinajstić information content (AvgIpc) is 3.11. The maximum atomic E-state index is 12.0. The first-order chi connectivity index (χ1) is 12.9. The van der Waals surface area contributed by atoms with Gasteiger partial charge in [-0.05, 0) is 11.4 Å². The van der Waals surface area contributed by atoms with Gasteiger partial charge < -0.3 is 23.7 Å². The third-order valence-corrected chi connectivity index (χ3v) is 4.41. The molecule has 8 nitrogen and oxygen atoms in total. The first-order valence-electron chi connectivity index (χ1n) is 8.33. The molecule has 0 N–H and O–H groups in total. The summed E-state index contributed by atoms with van der Waals surface area (Å²) in [5.74, 6) is -1.56. The third kappa shape index (κ3) is 7.03. The highest BCUT2D eigenvalue weighted by Gasteiger charge is 2.34. The van der Waals surface area contributed by atoms with Gasteiger partial charge in [0.05, 0.1) is 13.2 Å². The van der Waals surface area contributed by atoms with E-state index in [1.807, 2.05) is 17.5 Å². The number of ether oxygens (including phenoxy) is 5. The number of thiophene rings is 1. The Kier molecular flexibility index (Phi) is 7.81. The van der Waals surface area contributed by atoms with Crippen LogP contribution < -0.4 is 0 Å². The average molecular weight is 398 g/mol. The van der Waals surface area contributed by atoms with Crippen LogP contribution in [0.25, 0.3) is 6.08 Å². The molecule has 2 rings (SSSR count). The van der Waals surface area contributed by atoms with Crippen molar-refractivity contribution in [2.24, 2.45) is 0 Å². The van der Waals surface area contributed by atoms with Gasteiger partial charge >= 0.3 is 17.9 Å². The van der Waals surface area contributed by atoms with Crippen molar-refractivity contribution < 1.29 is 38.1 Å². The van der Waals surface area contributed by atoms with E-state index in [1.165, 1.54) is 32.3 Å². The van der Waals surface area contributed by atoms with Crippen LogP contribution in [0.4, 0.5) is 0 Å². The minimum atomic E-state index is -0.867. The molecule has 0 aliphatic carbocycles. The molecular formula is C18H22O8S. The van der Waals surface area contributed by atoms with Crippen LogP contribution in [0.2, 0.25) is 0 Å². The predicted octanol–water partition coefficient (Wildman–Crippen LogP) is 2.28. The molecule has 3 unspecified atom stereocenters. The summed E-state index contributed by atoms with van der Waals surface area (Å²) >= 11 is 1.43. The molecular weight excluding hydrogens is 376 g/mol. The van der Waals surface area contributed by atoms with Gasteiger partial charge in [-0.2, -0.15) is 0 Å². The van der Waals surface area contributed by atoms with Crippen molar-refractivity contribution in [3.63, 3.8) is 0 Å². The first kappa shape index (κ1) is 20.9. The van der Waals surface area contributed by atoms with E-state index < -0.39 is 36.4 Å². The Morgan fingerprint density at radius 1 is 1.22 bits per heavy atom. The SMILES string of the molecule is COC(=O)/C(=C/c1cccs1)OC1CC(OC(C)=O)CC(COC(C)=O)O1. The molecule has 27 heavy (non-hydrogen) atoms. The Bertz CT molecular complexity index is 682. The lowest BCUT2D eigenvalue weighted by Gasteiger charge is -2.34. The smallest absolute Gasteiger partial charge is 0.373 e. The van der Waals surface area contributed by atoms with Crippen LogP contribution in [0.1, 0.15) is 31.6 Å². The molecule has 1 aliphatic heterocycles.